The molecule has 0 fully saturated rings. The maximum atomic E-state index is 5.75. The number of rotatable bonds is 11. The van der Waals surface area contributed by atoms with E-state index in [2.05, 4.69) is 43.1 Å². The molecule has 1 atom stereocenters. The Morgan fingerprint density at radius 3 is 2.60 bits per heavy atom. The second kappa shape index (κ2) is 10.5. The number of benzene rings is 1. The molecule has 2 nitrogen and oxygen atoms in total. The highest BCUT2D eigenvalue weighted by atomic mass is 16.5. The van der Waals surface area contributed by atoms with Crippen molar-refractivity contribution in [3.63, 3.8) is 0 Å². The van der Waals surface area contributed by atoms with Crippen LogP contribution in [0.25, 0.3) is 0 Å². The van der Waals surface area contributed by atoms with Crippen molar-refractivity contribution >= 4 is 0 Å². The van der Waals surface area contributed by atoms with Gasteiger partial charge in [-0.05, 0) is 70.2 Å². The highest BCUT2D eigenvalue weighted by Crippen LogP contribution is 2.14. The number of unbranched alkanes of at least 4 members (excludes halogenated alkanes) is 3. The minimum Gasteiger partial charge on any atom is -0.494 e. The van der Waals surface area contributed by atoms with Crippen LogP contribution in [0.2, 0.25) is 0 Å². The van der Waals surface area contributed by atoms with E-state index in [0.717, 1.165) is 31.6 Å². The third-order valence-electron chi connectivity index (χ3n) is 3.60. The summed E-state index contributed by atoms with van der Waals surface area (Å²) in [6.45, 7) is 6.76. The van der Waals surface area contributed by atoms with E-state index in [1.54, 1.807) is 0 Å². The summed E-state index contributed by atoms with van der Waals surface area (Å²) in [7, 11) is 2.01. The lowest BCUT2D eigenvalue weighted by atomic mass is 10.1. The molecule has 1 aromatic rings. The Bertz CT molecular complexity index is 358. The normalized spacial score (nSPS) is 12.1. The molecule has 0 aliphatic heterocycles. The van der Waals surface area contributed by atoms with Gasteiger partial charge < -0.3 is 10.1 Å². The number of allylic oxidation sites excluding steroid dienone is 1. The molecular formula is C18H29NO. The van der Waals surface area contributed by atoms with Crippen molar-refractivity contribution in [1.29, 1.82) is 0 Å². The van der Waals surface area contributed by atoms with Crippen LogP contribution in [0, 0.1) is 0 Å². The van der Waals surface area contributed by atoms with Crippen molar-refractivity contribution in [2.24, 2.45) is 0 Å². The van der Waals surface area contributed by atoms with Gasteiger partial charge in [-0.2, -0.15) is 0 Å². The number of aryl methyl sites for hydroxylation is 1. The summed E-state index contributed by atoms with van der Waals surface area (Å²) in [5, 5.41) is 3.26. The first-order valence-electron chi connectivity index (χ1n) is 7.76. The number of nitrogens with one attached hydrogen (secondary N) is 1. The highest BCUT2D eigenvalue weighted by molar-refractivity contribution is 5.27. The summed E-state index contributed by atoms with van der Waals surface area (Å²) >= 11 is 0. The van der Waals surface area contributed by atoms with Gasteiger partial charge in [-0.15, -0.1) is 6.58 Å². The van der Waals surface area contributed by atoms with E-state index in [9.17, 15) is 0 Å². The fourth-order valence-corrected chi connectivity index (χ4v) is 2.04. The molecule has 112 valence electrons. The van der Waals surface area contributed by atoms with Crippen molar-refractivity contribution in [3.8, 4) is 5.75 Å². The van der Waals surface area contributed by atoms with Crippen molar-refractivity contribution in [2.45, 2.75) is 51.5 Å². The summed E-state index contributed by atoms with van der Waals surface area (Å²) < 4.78 is 5.75. The van der Waals surface area contributed by atoms with Crippen molar-refractivity contribution < 1.29 is 4.74 Å². The smallest absolute Gasteiger partial charge is 0.119 e. The molecule has 0 spiro atoms. The molecule has 1 unspecified atom stereocenters. The molecule has 0 saturated carbocycles. The van der Waals surface area contributed by atoms with Gasteiger partial charge in [-0.1, -0.05) is 18.2 Å². The molecular weight excluding hydrogens is 246 g/mol. The molecule has 2 heteroatoms. The maximum Gasteiger partial charge on any atom is 0.119 e. The van der Waals surface area contributed by atoms with Gasteiger partial charge in [0.2, 0.25) is 0 Å². The molecule has 20 heavy (non-hydrogen) atoms. The Morgan fingerprint density at radius 2 is 1.95 bits per heavy atom. The standard InChI is InChI=1S/C18H29NO/c1-4-5-6-7-8-15-20-18-13-11-17(12-14-18)10-9-16(2)19-3/h4,11-14,16,19H,1,5-10,15H2,2-3H3. The van der Waals surface area contributed by atoms with Crippen LogP contribution in [0.15, 0.2) is 36.9 Å². The van der Waals surface area contributed by atoms with Gasteiger partial charge in [-0.3, -0.25) is 0 Å². The van der Waals surface area contributed by atoms with E-state index in [0.29, 0.717) is 6.04 Å². The van der Waals surface area contributed by atoms with E-state index in [1.165, 1.54) is 24.8 Å². The third kappa shape index (κ3) is 7.34. The van der Waals surface area contributed by atoms with Crippen LogP contribution in [-0.4, -0.2) is 19.7 Å². The van der Waals surface area contributed by atoms with Crippen molar-refractivity contribution in [2.75, 3.05) is 13.7 Å². The zero-order valence-corrected chi connectivity index (χ0v) is 13.0. The monoisotopic (exact) mass is 275 g/mol. The van der Waals surface area contributed by atoms with Crippen LogP contribution in [-0.2, 0) is 6.42 Å². The number of hydrogen-bond acceptors (Lipinski definition) is 2. The molecule has 1 aromatic carbocycles. The molecule has 0 saturated heterocycles. The summed E-state index contributed by atoms with van der Waals surface area (Å²) in [6, 6.07) is 9.10. The first kappa shape index (κ1) is 16.8. The SMILES string of the molecule is C=CCCCCCOc1ccc(CCC(C)NC)cc1. The Morgan fingerprint density at radius 1 is 1.20 bits per heavy atom. The average molecular weight is 275 g/mol. The molecule has 1 rings (SSSR count). The van der Waals surface area contributed by atoms with E-state index in [4.69, 9.17) is 4.74 Å². The summed E-state index contributed by atoms with van der Waals surface area (Å²) in [4.78, 5) is 0. The topological polar surface area (TPSA) is 21.3 Å². The van der Waals surface area contributed by atoms with E-state index in [-0.39, 0.29) is 0 Å². The largest absolute Gasteiger partial charge is 0.494 e. The Balaban J connectivity index is 2.19. The van der Waals surface area contributed by atoms with E-state index >= 15 is 0 Å². The molecule has 0 heterocycles. The van der Waals surface area contributed by atoms with E-state index in [1.807, 2.05) is 13.1 Å². The van der Waals surface area contributed by atoms with Crippen LogP contribution in [0.5, 0.6) is 5.75 Å². The lowest BCUT2D eigenvalue weighted by Crippen LogP contribution is -2.21. The zero-order chi connectivity index (χ0) is 14.6. The summed E-state index contributed by atoms with van der Waals surface area (Å²) in [5.41, 5.74) is 1.38. The predicted molar refractivity (Wildman–Crippen MR) is 87.4 cm³/mol. The van der Waals surface area contributed by atoms with Crippen LogP contribution < -0.4 is 10.1 Å². The first-order chi connectivity index (χ1) is 9.76. The van der Waals surface area contributed by atoms with Gasteiger partial charge in [0.1, 0.15) is 5.75 Å². The molecule has 0 radical (unpaired) electrons. The molecule has 0 bridgehead atoms. The molecule has 0 aliphatic rings. The number of hydrogen-bond donors (Lipinski definition) is 1. The highest BCUT2D eigenvalue weighted by Gasteiger charge is 2.00. The van der Waals surface area contributed by atoms with Crippen LogP contribution in [0.1, 0.15) is 44.6 Å². The van der Waals surface area contributed by atoms with Gasteiger partial charge in [0, 0.05) is 6.04 Å². The molecule has 0 amide bonds. The Kier molecular flexibility index (Phi) is 8.81. The summed E-state index contributed by atoms with van der Waals surface area (Å²) in [5.74, 6) is 0.985. The second-order valence-electron chi connectivity index (χ2n) is 5.36. The first-order valence-corrected chi connectivity index (χ1v) is 7.76. The quantitative estimate of drug-likeness (QED) is 0.479. The average Bonchev–Trinajstić information content (AvgIpc) is 2.49. The minimum absolute atomic E-state index is 0.571. The lowest BCUT2D eigenvalue weighted by molar-refractivity contribution is 0.305. The van der Waals surface area contributed by atoms with Crippen LogP contribution in [0.4, 0.5) is 0 Å². The van der Waals surface area contributed by atoms with Crippen molar-refractivity contribution in [3.05, 3.63) is 42.5 Å². The predicted octanol–water partition coefficient (Wildman–Crippen LogP) is 4.35. The zero-order valence-electron chi connectivity index (χ0n) is 13.0. The molecule has 0 aliphatic carbocycles. The minimum atomic E-state index is 0.571. The Labute approximate surface area is 124 Å². The van der Waals surface area contributed by atoms with Gasteiger partial charge >= 0.3 is 0 Å². The van der Waals surface area contributed by atoms with Crippen LogP contribution in [0.3, 0.4) is 0 Å². The third-order valence-corrected chi connectivity index (χ3v) is 3.60. The summed E-state index contributed by atoms with van der Waals surface area (Å²) in [6.07, 6.45) is 8.93. The van der Waals surface area contributed by atoms with Gasteiger partial charge in [0.05, 0.1) is 6.61 Å². The number of ether oxygens (including phenoxy) is 1. The fraction of sp³-hybridized carbons (Fsp3) is 0.556. The van der Waals surface area contributed by atoms with Gasteiger partial charge in [-0.25, -0.2) is 0 Å². The lowest BCUT2D eigenvalue weighted by Gasteiger charge is -2.10. The van der Waals surface area contributed by atoms with Gasteiger partial charge in [0.15, 0.2) is 0 Å². The van der Waals surface area contributed by atoms with Crippen LogP contribution >= 0.6 is 0 Å². The fourth-order valence-electron chi connectivity index (χ4n) is 2.04. The molecule has 0 aromatic heterocycles. The van der Waals surface area contributed by atoms with Crippen molar-refractivity contribution in [1.82, 2.24) is 5.32 Å². The molecule has 1 N–H and O–H groups in total. The second-order valence-corrected chi connectivity index (χ2v) is 5.36. The Hall–Kier alpha value is -1.28. The van der Waals surface area contributed by atoms with E-state index < -0.39 is 0 Å². The van der Waals surface area contributed by atoms with Gasteiger partial charge in [0.25, 0.3) is 0 Å². The maximum absolute atomic E-state index is 5.75.